The summed E-state index contributed by atoms with van der Waals surface area (Å²) in [5, 5.41) is 0. The highest BCUT2D eigenvalue weighted by Crippen LogP contribution is 2.30. The normalized spacial score (nSPS) is 15.5. The predicted octanol–water partition coefficient (Wildman–Crippen LogP) is 4.20. The van der Waals surface area contributed by atoms with Crippen LogP contribution in [0.1, 0.15) is 21.5 Å². The van der Waals surface area contributed by atoms with Gasteiger partial charge in [0.25, 0.3) is 0 Å². The van der Waals surface area contributed by atoms with Crippen molar-refractivity contribution in [2.24, 2.45) is 0 Å². The van der Waals surface area contributed by atoms with E-state index in [2.05, 4.69) is 0 Å². The minimum Gasteiger partial charge on any atom is -0.289 e. The molecule has 0 spiro atoms. The number of hydrogen-bond donors (Lipinski definition) is 0. The molecule has 0 atom stereocenters. The Kier molecular flexibility index (Phi) is 3.31. The zero-order valence-electron chi connectivity index (χ0n) is 10.9. The third kappa shape index (κ3) is 2.03. The largest absolute Gasteiger partial charge is 0.289 e. The number of benzene rings is 2. The Labute approximate surface area is 121 Å². The van der Waals surface area contributed by atoms with Crippen molar-refractivity contribution in [3.05, 3.63) is 75.6 Å². The standard InChI is InChI=1S/C16H7F5O/c17-11-10(12(18)14(20)15(21)13(11)19)6-8-5-7-3-1-2-4-9(7)16(8)22/h1-4,6H,5H2/b8-6+. The molecule has 1 aliphatic rings. The molecule has 3 rings (SSSR count). The first kappa shape index (κ1) is 14.4. The summed E-state index contributed by atoms with van der Waals surface area (Å²) in [6.45, 7) is 0. The summed E-state index contributed by atoms with van der Waals surface area (Å²) in [5.41, 5.74) is -0.128. The van der Waals surface area contributed by atoms with Gasteiger partial charge in [0.15, 0.2) is 29.1 Å². The molecule has 0 radical (unpaired) electrons. The minimum absolute atomic E-state index is 0.0237. The molecule has 1 nitrogen and oxygen atoms in total. The highest BCUT2D eigenvalue weighted by Gasteiger charge is 2.28. The molecule has 1 aliphatic carbocycles. The van der Waals surface area contributed by atoms with Crippen molar-refractivity contribution in [3.63, 3.8) is 0 Å². The molecule has 0 unspecified atom stereocenters. The lowest BCUT2D eigenvalue weighted by Crippen LogP contribution is -2.05. The highest BCUT2D eigenvalue weighted by atomic mass is 19.2. The summed E-state index contributed by atoms with van der Waals surface area (Å²) in [6, 6.07) is 6.51. The third-order valence-electron chi connectivity index (χ3n) is 3.50. The Morgan fingerprint density at radius 2 is 1.36 bits per heavy atom. The van der Waals surface area contributed by atoms with Gasteiger partial charge in [0, 0.05) is 17.6 Å². The maximum Gasteiger partial charge on any atom is 0.200 e. The molecule has 6 heteroatoms. The number of rotatable bonds is 1. The second-order valence-electron chi connectivity index (χ2n) is 4.82. The molecule has 0 bridgehead atoms. The van der Waals surface area contributed by atoms with E-state index >= 15 is 0 Å². The number of fused-ring (bicyclic) bond motifs is 1. The molecule has 0 fully saturated rings. The summed E-state index contributed by atoms with van der Waals surface area (Å²) in [5.74, 6) is -10.7. The Morgan fingerprint density at radius 3 is 1.95 bits per heavy atom. The number of carbonyl (C=O) groups excluding carboxylic acids is 1. The molecule has 2 aromatic carbocycles. The minimum atomic E-state index is -2.22. The Balaban J connectivity index is 2.14. The van der Waals surface area contributed by atoms with Crippen LogP contribution in [0.5, 0.6) is 0 Å². The molecule has 0 amide bonds. The second-order valence-corrected chi connectivity index (χ2v) is 4.82. The lowest BCUT2D eigenvalue weighted by Gasteiger charge is -2.05. The summed E-state index contributed by atoms with van der Waals surface area (Å²) < 4.78 is 66.6. The van der Waals surface area contributed by atoms with Crippen LogP contribution in [0.4, 0.5) is 22.0 Å². The predicted molar refractivity (Wildman–Crippen MR) is 68.7 cm³/mol. The number of ketones is 1. The van der Waals surface area contributed by atoms with Crippen molar-refractivity contribution >= 4 is 11.9 Å². The van der Waals surface area contributed by atoms with Crippen LogP contribution in [-0.4, -0.2) is 5.78 Å². The van der Waals surface area contributed by atoms with Crippen molar-refractivity contribution in [1.82, 2.24) is 0 Å². The van der Waals surface area contributed by atoms with E-state index in [0.29, 0.717) is 11.1 Å². The summed E-state index contributed by atoms with van der Waals surface area (Å²) in [4.78, 5) is 12.1. The fourth-order valence-electron chi connectivity index (χ4n) is 2.39. The van der Waals surface area contributed by atoms with E-state index in [0.717, 1.165) is 6.08 Å². The number of hydrogen-bond acceptors (Lipinski definition) is 1. The van der Waals surface area contributed by atoms with Crippen LogP contribution in [-0.2, 0) is 6.42 Å². The maximum atomic E-state index is 13.6. The Bertz CT molecular complexity index is 810. The Morgan fingerprint density at radius 1 is 0.818 bits per heavy atom. The number of allylic oxidation sites excluding steroid dienone is 1. The van der Waals surface area contributed by atoms with Gasteiger partial charge in [-0.15, -0.1) is 0 Å². The van der Waals surface area contributed by atoms with Crippen LogP contribution in [0, 0.1) is 29.1 Å². The lowest BCUT2D eigenvalue weighted by molar-refractivity contribution is 0.104. The van der Waals surface area contributed by atoms with Crippen molar-refractivity contribution in [2.75, 3.05) is 0 Å². The fourth-order valence-corrected chi connectivity index (χ4v) is 2.39. The topological polar surface area (TPSA) is 17.1 Å². The van der Waals surface area contributed by atoms with Gasteiger partial charge >= 0.3 is 0 Å². The van der Waals surface area contributed by atoms with Crippen LogP contribution < -0.4 is 0 Å². The fraction of sp³-hybridized carbons (Fsp3) is 0.0625. The molecule has 0 aromatic heterocycles. The molecule has 0 N–H and O–H groups in total. The van der Waals surface area contributed by atoms with Crippen LogP contribution in [0.3, 0.4) is 0 Å². The van der Waals surface area contributed by atoms with Gasteiger partial charge in [-0.05, 0) is 11.6 Å². The van der Waals surface area contributed by atoms with Gasteiger partial charge in [-0.25, -0.2) is 22.0 Å². The average Bonchev–Trinajstić information content (AvgIpc) is 2.84. The summed E-state index contributed by atoms with van der Waals surface area (Å²) in [7, 11) is 0. The van der Waals surface area contributed by atoms with Gasteiger partial charge in [0.1, 0.15) is 0 Å². The van der Waals surface area contributed by atoms with E-state index in [1.807, 2.05) is 0 Å². The summed E-state index contributed by atoms with van der Waals surface area (Å²) in [6.07, 6.45) is 0.799. The highest BCUT2D eigenvalue weighted by molar-refractivity contribution is 6.15. The molecule has 0 saturated carbocycles. The van der Waals surface area contributed by atoms with Crippen molar-refractivity contribution in [1.29, 1.82) is 0 Å². The number of halogens is 5. The molecule has 2 aromatic rings. The summed E-state index contributed by atoms with van der Waals surface area (Å²) >= 11 is 0. The zero-order valence-corrected chi connectivity index (χ0v) is 10.9. The molecule has 0 saturated heterocycles. The first-order valence-corrected chi connectivity index (χ1v) is 6.26. The molecular formula is C16H7F5O. The Hall–Kier alpha value is -2.50. The third-order valence-corrected chi connectivity index (χ3v) is 3.50. The van der Waals surface area contributed by atoms with Gasteiger partial charge in [-0.3, -0.25) is 4.79 Å². The van der Waals surface area contributed by atoms with Gasteiger partial charge in [-0.1, -0.05) is 24.3 Å². The van der Waals surface area contributed by atoms with Crippen LogP contribution in [0.25, 0.3) is 6.08 Å². The second kappa shape index (κ2) is 5.05. The maximum absolute atomic E-state index is 13.6. The molecule has 112 valence electrons. The van der Waals surface area contributed by atoms with Crippen LogP contribution in [0.15, 0.2) is 29.8 Å². The van der Waals surface area contributed by atoms with Crippen LogP contribution in [0.2, 0.25) is 0 Å². The smallest absolute Gasteiger partial charge is 0.200 e. The van der Waals surface area contributed by atoms with E-state index in [4.69, 9.17) is 0 Å². The van der Waals surface area contributed by atoms with Crippen molar-refractivity contribution < 1.29 is 26.7 Å². The quantitative estimate of drug-likeness (QED) is 0.334. The average molecular weight is 310 g/mol. The van der Waals surface area contributed by atoms with E-state index in [9.17, 15) is 26.7 Å². The van der Waals surface area contributed by atoms with Crippen LogP contribution >= 0.6 is 0 Å². The number of Topliss-reactive ketones (excluding diaryl/α,β-unsaturated/α-hetero) is 1. The van der Waals surface area contributed by atoms with Gasteiger partial charge < -0.3 is 0 Å². The molecule has 0 aliphatic heterocycles. The SMILES string of the molecule is O=C1/C(=C/c2c(F)c(F)c(F)c(F)c2F)Cc2ccccc21. The zero-order chi connectivity index (χ0) is 16.0. The monoisotopic (exact) mass is 310 g/mol. The van der Waals surface area contributed by atoms with Gasteiger partial charge in [0.2, 0.25) is 5.82 Å². The lowest BCUT2D eigenvalue weighted by atomic mass is 10.1. The van der Waals surface area contributed by atoms with E-state index < -0.39 is 40.4 Å². The van der Waals surface area contributed by atoms with E-state index in [1.54, 1.807) is 18.2 Å². The molecule has 22 heavy (non-hydrogen) atoms. The van der Waals surface area contributed by atoms with Gasteiger partial charge in [-0.2, -0.15) is 0 Å². The van der Waals surface area contributed by atoms with Crippen molar-refractivity contribution in [3.8, 4) is 0 Å². The van der Waals surface area contributed by atoms with E-state index in [-0.39, 0.29) is 12.0 Å². The number of carbonyl (C=O) groups is 1. The molecule has 0 heterocycles. The van der Waals surface area contributed by atoms with Crippen molar-refractivity contribution in [2.45, 2.75) is 6.42 Å². The van der Waals surface area contributed by atoms with Gasteiger partial charge in [0.05, 0.1) is 5.56 Å². The molecular weight excluding hydrogens is 303 g/mol. The first-order chi connectivity index (χ1) is 10.4. The van der Waals surface area contributed by atoms with E-state index in [1.165, 1.54) is 6.07 Å². The first-order valence-electron chi connectivity index (χ1n) is 6.26.